The molecule has 1 aliphatic carbocycles. The van der Waals surface area contributed by atoms with Crippen molar-refractivity contribution in [1.29, 1.82) is 0 Å². The number of pyridine rings is 1. The Morgan fingerprint density at radius 1 is 1.25 bits per heavy atom. The Morgan fingerprint density at radius 2 is 2.00 bits per heavy atom. The summed E-state index contributed by atoms with van der Waals surface area (Å²) in [6, 6.07) is 1.83. The monoisotopic (exact) mass is 238 g/mol. The lowest BCUT2D eigenvalue weighted by Gasteiger charge is -2.16. The van der Waals surface area contributed by atoms with Gasteiger partial charge in [0.25, 0.3) is 0 Å². The van der Waals surface area contributed by atoms with E-state index in [-0.39, 0.29) is 0 Å². The van der Waals surface area contributed by atoms with E-state index in [1.165, 1.54) is 38.5 Å². The number of rotatable bonds is 3. The lowest BCUT2D eigenvalue weighted by molar-refractivity contribution is 0.483. The van der Waals surface area contributed by atoms with Gasteiger partial charge in [-0.25, -0.2) is 0 Å². The van der Waals surface area contributed by atoms with Crippen LogP contribution in [0.4, 0.5) is 5.69 Å². The first-order valence-electron chi connectivity index (χ1n) is 6.19. The number of nitrogens with zero attached hydrogens (tertiary/aromatic N) is 1. The van der Waals surface area contributed by atoms with Crippen LogP contribution in [-0.2, 0) is 0 Å². The Labute approximate surface area is 102 Å². The molecule has 0 bridgehead atoms. The van der Waals surface area contributed by atoms with Gasteiger partial charge in [0, 0.05) is 12.7 Å². The maximum Gasteiger partial charge on any atom is 0.0716 e. The van der Waals surface area contributed by atoms with Crippen LogP contribution in [0.3, 0.4) is 0 Å². The van der Waals surface area contributed by atoms with Crippen molar-refractivity contribution >= 4 is 17.3 Å². The largest absolute Gasteiger partial charge is 0.382 e. The van der Waals surface area contributed by atoms with Gasteiger partial charge in [0.2, 0.25) is 0 Å². The number of hydrogen-bond donors (Lipinski definition) is 1. The third kappa shape index (κ3) is 3.38. The molecule has 2 rings (SSSR count). The summed E-state index contributed by atoms with van der Waals surface area (Å²) in [5.41, 5.74) is 0.966. The summed E-state index contributed by atoms with van der Waals surface area (Å²) in [4.78, 5) is 4.08. The van der Waals surface area contributed by atoms with Crippen molar-refractivity contribution < 1.29 is 0 Å². The fourth-order valence-electron chi connectivity index (χ4n) is 2.33. The van der Waals surface area contributed by atoms with Crippen LogP contribution in [0.1, 0.15) is 38.5 Å². The van der Waals surface area contributed by atoms with Gasteiger partial charge in [-0.15, -0.1) is 0 Å². The third-order valence-electron chi connectivity index (χ3n) is 3.32. The maximum atomic E-state index is 6.07. The molecule has 0 amide bonds. The Bertz CT molecular complexity index is 319. The van der Waals surface area contributed by atoms with Crippen molar-refractivity contribution in [3.05, 3.63) is 23.5 Å². The van der Waals surface area contributed by atoms with Crippen LogP contribution in [0.25, 0.3) is 0 Å². The number of hydrogen-bond acceptors (Lipinski definition) is 2. The molecule has 16 heavy (non-hydrogen) atoms. The molecule has 88 valence electrons. The zero-order chi connectivity index (χ0) is 11.2. The summed E-state index contributed by atoms with van der Waals surface area (Å²) in [5.74, 6) is 0.804. The van der Waals surface area contributed by atoms with E-state index in [0.717, 1.165) is 23.2 Å². The van der Waals surface area contributed by atoms with Crippen LogP contribution in [0.5, 0.6) is 0 Å². The molecule has 0 saturated heterocycles. The van der Waals surface area contributed by atoms with Gasteiger partial charge in [-0.3, -0.25) is 4.98 Å². The van der Waals surface area contributed by atoms with E-state index in [0.29, 0.717) is 0 Å². The summed E-state index contributed by atoms with van der Waals surface area (Å²) >= 11 is 6.07. The normalized spacial score (nSPS) is 18.1. The van der Waals surface area contributed by atoms with Crippen molar-refractivity contribution in [2.45, 2.75) is 38.5 Å². The van der Waals surface area contributed by atoms with E-state index in [2.05, 4.69) is 10.3 Å². The molecule has 1 saturated carbocycles. The van der Waals surface area contributed by atoms with Crippen LogP contribution in [0.2, 0.25) is 5.02 Å². The summed E-state index contributed by atoms with van der Waals surface area (Å²) in [6.45, 7) is 1.03. The Hall–Kier alpha value is -0.760. The van der Waals surface area contributed by atoms with Gasteiger partial charge >= 0.3 is 0 Å². The van der Waals surface area contributed by atoms with E-state index in [1.54, 1.807) is 12.4 Å². The summed E-state index contributed by atoms with van der Waals surface area (Å²) in [6.07, 6.45) is 11.8. The number of nitrogens with one attached hydrogen (secondary N) is 1. The Morgan fingerprint density at radius 3 is 2.69 bits per heavy atom. The molecule has 1 aliphatic rings. The van der Waals surface area contributed by atoms with E-state index in [9.17, 15) is 0 Å². The van der Waals surface area contributed by atoms with Crippen molar-refractivity contribution in [3.8, 4) is 0 Å². The molecule has 1 N–H and O–H groups in total. The quantitative estimate of drug-likeness (QED) is 0.802. The van der Waals surface area contributed by atoms with Gasteiger partial charge in [-0.2, -0.15) is 0 Å². The average molecular weight is 239 g/mol. The van der Waals surface area contributed by atoms with Crippen LogP contribution < -0.4 is 5.32 Å². The first-order valence-corrected chi connectivity index (χ1v) is 6.57. The summed E-state index contributed by atoms with van der Waals surface area (Å²) in [5, 5.41) is 4.18. The smallest absolute Gasteiger partial charge is 0.0716 e. The zero-order valence-corrected chi connectivity index (χ0v) is 10.3. The van der Waals surface area contributed by atoms with Crippen LogP contribution >= 0.6 is 11.6 Å². The second-order valence-electron chi connectivity index (χ2n) is 4.59. The second-order valence-corrected chi connectivity index (χ2v) is 5.00. The molecule has 0 aromatic carbocycles. The van der Waals surface area contributed by atoms with Crippen LogP contribution in [0, 0.1) is 5.92 Å². The van der Waals surface area contributed by atoms with Crippen molar-refractivity contribution in [2.24, 2.45) is 5.92 Å². The fourth-order valence-corrected chi connectivity index (χ4v) is 2.50. The Kier molecular flexibility index (Phi) is 4.46. The molecule has 1 fully saturated rings. The van der Waals surface area contributed by atoms with Crippen LogP contribution in [-0.4, -0.2) is 11.5 Å². The molecule has 1 aromatic rings. The molecule has 0 spiro atoms. The van der Waals surface area contributed by atoms with Gasteiger partial charge in [0.15, 0.2) is 0 Å². The minimum Gasteiger partial charge on any atom is -0.382 e. The number of halogens is 1. The lowest BCUT2D eigenvalue weighted by Crippen LogP contribution is -2.13. The predicted molar refractivity (Wildman–Crippen MR) is 68.9 cm³/mol. The van der Waals surface area contributed by atoms with E-state index < -0.39 is 0 Å². The maximum absolute atomic E-state index is 6.07. The van der Waals surface area contributed by atoms with Gasteiger partial charge in [0.05, 0.1) is 16.9 Å². The molecule has 3 heteroatoms. The highest BCUT2D eigenvalue weighted by molar-refractivity contribution is 6.33. The van der Waals surface area contributed by atoms with Crippen LogP contribution in [0.15, 0.2) is 18.5 Å². The van der Waals surface area contributed by atoms with Crippen molar-refractivity contribution in [3.63, 3.8) is 0 Å². The second kappa shape index (κ2) is 6.09. The SMILES string of the molecule is Clc1ccncc1NCC1CCCCCC1. The standard InChI is InChI=1S/C13H19ClN2/c14-12-7-8-15-10-13(12)16-9-11-5-3-1-2-4-6-11/h7-8,10-11,16H,1-6,9H2. The van der Waals surface area contributed by atoms with Crippen molar-refractivity contribution in [1.82, 2.24) is 4.98 Å². The molecule has 0 radical (unpaired) electrons. The zero-order valence-electron chi connectivity index (χ0n) is 9.58. The van der Waals surface area contributed by atoms with Gasteiger partial charge in [-0.05, 0) is 24.8 Å². The highest BCUT2D eigenvalue weighted by Gasteiger charge is 2.12. The minimum atomic E-state index is 0.767. The highest BCUT2D eigenvalue weighted by Crippen LogP contribution is 2.25. The molecule has 1 aromatic heterocycles. The van der Waals surface area contributed by atoms with Gasteiger partial charge < -0.3 is 5.32 Å². The first kappa shape index (κ1) is 11.7. The van der Waals surface area contributed by atoms with Crippen molar-refractivity contribution in [2.75, 3.05) is 11.9 Å². The van der Waals surface area contributed by atoms with Gasteiger partial charge in [0.1, 0.15) is 0 Å². The molecule has 1 heterocycles. The van der Waals surface area contributed by atoms with E-state index in [4.69, 9.17) is 11.6 Å². The highest BCUT2D eigenvalue weighted by atomic mass is 35.5. The summed E-state index contributed by atoms with van der Waals surface area (Å²) < 4.78 is 0. The minimum absolute atomic E-state index is 0.767. The molecule has 2 nitrogen and oxygen atoms in total. The molecular formula is C13H19ClN2. The fraction of sp³-hybridized carbons (Fsp3) is 0.615. The molecule has 0 aliphatic heterocycles. The predicted octanol–water partition coefficient (Wildman–Crippen LogP) is 4.12. The average Bonchev–Trinajstić information content (AvgIpc) is 2.56. The summed E-state index contributed by atoms with van der Waals surface area (Å²) in [7, 11) is 0. The topological polar surface area (TPSA) is 24.9 Å². The lowest BCUT2D eigenvalue weighted by atomic mass is 10.0. The van der Waals surface area contributed by atoms with E-state index in [1.807, 2.05) is 6.07 Å². The molecule has 0 atom stereocenters. The first-order chi connectivity index (χ1) is 7.86. The Balaban J connectivity index is 1.84. The number of anilines is 1. The molecule has 0 unspecified atom stereocenters. The van der Waals surface area contributed by atoms with Gasteiger partial charge in [-0.1, -0.05) is 37.3 Å². The number of aromatic nitrogens is 1. The molecular weight excluding hydrogens is 220 g/mol. The van der Waals surface area contributed by atoms with E-state index >= 15 is 0 Å². The third-order valence-corrected chi connectivity index (χ3v) is 3.65.